The Bertz CT molecular complexity index is 1130. The molecule has 4 rings (SSSR count). The van der Waals surface area contributed by atoms with Crippen molar-refractivity contribution in [2.24, 2.45) is 0 Å². The smallest absolute Gasteiger partial charge is 0.417 e. The molecule has 0 aromatic heterocycles. The molecule has 36 heavy (non-hydrogen) atoms. The minimum absolute atomic E-state index is 0. The number of likely N-dealkylation sites (tertiary alicyclic amines) is 1. The number of piperidine rings is 1. The Morgan fingerprint density at radius 1 is 0.889 bits per heavy atom. The minimum atomic E-state index is -4.68. The number of hydrogen-bond donors (Lipinski definition) is 1. The molecule has 0 aliphatic carbocycles. The number of amides is 1. The van der Waals surface area contributed by atoms with Crippen LogP contribution in [-0.2, 0) is 6.18 Å². The maximum absolute atomic E-state index is 13.6. The second-order valence-corrected chi connectivity index (χ2v) is 8.44. The van der Waals surface area contributed by atoms with E-state index in [9.17, 15) is 23.1 Å². The summed E-state index contributed by atoms with van der Waals surface area (Å²) >= 11 is 0. The number of benzene rings is 3. The first kappa shape index (κ1) is 27.4. The lowest BCUT2D eigenvalue weighted by Gasteiger charge is -2.26. The monoisotopic (exact) mass is 520 g/mol. The second-order valence-electron chi connectivity index (χ2n) is 8.44. The van der Waals surface area contributed by atoms with E-state index in [-0.39, 0.29) is 18.2 Å². The molecule has 0 radical (unpaired) electrons. The zero-order valence-corrected chi connectivity index (χ0v) is 20.4. The third-order valence-corrected chi connectivity index (χ3v) is 5.99. The van der Waals surface area contributed by atoms with Crippen LogP contribution in [-0.4, -0.2) is 42.2 Å². The number of alkyl halides is 3. The van der Waals surface area contributed by atoms with Crippen molar-refractivity contribution in [2.75, 3.05) is 31.1 Å². The lowest BCUT2D eigenvalue weighted by molar-refractivity contribution is -0.137. The zero-order valence-electron chi connectivity index (χ0n) is 19.6. The van der Waals surface area contributed by atoms with Gasteiger partial charge in [0.25, 0.3) is 5.91 Å². The molecular formula is C27H28ClF3N2O3. The number of hydrogen-bond acceptors (Lipinski definition) is 4. The van der Waals surface area contributed by atoms with Gasteiger partial charge in [0.15, 0.2) is 0 Å². The standard InChI is InChI=1S/C27H27F3N2O3.ClH/c28-27(29,30)25-7-3-2-6-24(25)26(34)32(20-8-12-22(33)13-9-20)21-10-14-23(15-11-21)35-19-18-31-16-4-1-5-17-31;/h2-3,6-15,33H,1,4-5,16-19H2;1H. The summed E-state index contributed by atoms with van der Waals surface area (Å²) in [4.78, 5) is 17.0. The molecule has 0 atom stereocenters. The van der Waals surface area contributed by atoms with Gasteiger partial charge in [-0.25, -0.2) is 0 Å². The van der Waals surface area contributed by atoms with E-state index in [4.69, 9.17) is 4.74 Å². The van der Waals surface area contributed by atoms with E-state index in [0.717, 1.165) is 31.8 Å². The van der Waals surface area contributed by atoms with E-state index < -0.39 is 23.2 Å². The molecule has 1 saturated heterocycles. The highest BCUT2D eigenvalue weighted by Gasteiger charge is 2.36. The number of nitrogens with zero attached hydrogens (tertiary/aromatic N) is 2. The van der Waals surface area contributed by atoms with Gasteiger partial charge in [0.1, 0.15) is 18.1 Å². The first-order chi connectivity index (χ1) is 16.8. The summed E-state index contributed by atoms with van der Waals surface area (Å²) in [5, 5.41) is 9.66. The highest BCUT2D eigenvalue weighted by Crippen LogP contribution is 2.36. The van der Waals surface area contributed by atoms with Gasteiger partial charge in [-0.05, 0) is 86.6 Å². The van der Waals surface area contributed by atoms with Crippen molar-refractivity contribution < 1.29 is 27.8 Å². The van der Waals surface area contributed by atoms with Gasteiger partial charge in [-0.2, -0.15) is 13.2 Å². The van der Waals surface area contributed by atoms with Gasteiger partial charge in [0.2, 0.25) is 0 Å². The fourth-order valence-corrected chi connectivity index (χ4v) is 4.19. The molecule has 1 aliphatic rings. The summed E-state index contributed by atoms with van der Waals surface area (Å²) in [7, 11) is 0. The number of phenols is 1. The van der Waals surface area contributed by atoms with E-state index in [2.05, 4.69) is 4.90 Å². The molecule has 3 aromatic rings. The van der Waals surface area contributed by atoms with Crippen molar-refractivity contribution in [2.45, 2.75) is 25.4 Å². The Morgan fingerprint density at radius 3 is 2.08 bits per heavy atom. The predicted molar refractivity (Wildman–Crippen MR) is 135 cm³/mol. The van der Waals surface area contributed by atoms with E-state index in [1.165, 1.54) is 60.6 Å². The molecule has 192 valence electrons. The Labute approximate surface area is 214 Å². The third-order valence-electron chi connectivity index (χ3n) is 5.99. The van der Waals surface area contributed by atoms with Crippen LogP contribution in [0.25, 0.3) is 0 Å². The van der Waals surface area contributed by atoms with Gasteiger partial charge in [-0.3, -0.25) is 14.6 Å². The van der Waals surface area contributed by atoms with Crippen molar-refractivity contribution >= 4 is 29.7 Å². The number of carbonyl (C=O) groups is 1. The van der Waals surface area contributed by atoms with Gasteiger partial charge < -0.3 is 9.84 Å². The maximum Gasteiger partial charge on any atom is 0.417 e. The Kier molecular flexibility index (Phi) is 9.23. The number of phenolic OH excluding ortho intramolecular Hbond substituents is 1. The SMILES string of the molecule is Cl.O=C(c1ccccc1C(F)(F)F)N(c1ccc(O)cc1)c1ccc(OCCN2CCCCC2)cc1. The van der Waals surface area contributed by atoms with E-state index >= 15 is 0 Å². The summed E-state index contributed by atoms with van der Waals surface area (Å²) in [6, 6.07) is 17.1. The number of halogens is 4. The average Bonchev–Trinajstić information content (AvgIpc) is 2.86. The molecule has 0 saturated carbocycles. The van der Waals surface area contributed by atoms with Gasteiger partial charge in [0.05, 0.1) is 11.1 Å². The number of rotatable bonds is 7. The summed E-state index contributed by atoms with van der Waals surface area (Å²) < 4.78 is 46.7. The number of anilines is 2. The molecule has 1 aliphatic heterocycles. The summed E-state index contributed by atoms with van der Waals surface area (Å²) in [5.41, 5.74) is -0.772. The molecule has 1 heterocycles. The van der Waals surface area contributed by atoms with Crippen LogP contribution >= 0.6 is 12.4 Å². The first-order valence-corrected chi connectivity index (χ1v) is 11.6. The van der Waals surface area contributed by atoms with E-state index in [1.54, 1.807) is 24.3 Å². The van der Waals surface area contributed by atoms with Crippen molar-refractivity contribution in [1.82, 2.24) is 4.90 Å². The van der Waals surface area contributed by atoms with Gasteiger partial charge >= 0.3 is 6.18 Å². The molecule has 0 bridgehead atoms. The predicted octanol–water partition coefficient (Wildman–Crippen LogP) is 6.68. The van der Waals surface area contributed by atoms with Crippen LogP contribution in [0, 0.1) is 0 Å². The van der Waals surface area contributed by atoms with Crippen molar-refractivity contribution in [3.05, 3.63) is 83.9 Å². The van der Waals surface area contributed by atoms with Crippen molar-refractivity contribution in [1.29, 1.82) is 0 Å². The van der Waals surface area contributed by atoms with Crippen LogP contribution < -0.4 is 9.64 Å². The van der Waals surface area contributed by atoms with Crippen LogP contribution in [0.15, 0.2) is 72.8 Å². The number of ether oxygens (including phenoxy) is 1. The van der Waals surface area contributed by atoms with Gasteiger partial charge in [-0.1, -0.05) is 18.6 Å². The first-order valence-electron chi connectivity index (χ1n) is 11.6. The van der Waals surface area contributed by atoms with E-state index in [1.807, 2.05) is 0 Å². The highest BCUT2D eigenvalue weighted by atomic mass is 35.5. The number of aromatic hydroxyl groups is 1. The summed E-state index contributed by atoms with van der Waals surface area (Å²) in [5.74, 6) is -0.240. The fourth-order valence-electron chi connectivity index (χ4n) is 4.19. The Morgan fingerprint density at radius 2 is 1.47 bits per heavy atom. The van der Waals surface area contributed by atoms with Crippen molar-refractivity contribution in [3.8, 4) is 11.5 Å². The molecule has 3 aromatic carbocycles. The molecular weight excluding hydrogens is 493 g/mol. The Balaban J connectivity index is 0.00000361. The molecule has 1 N–H and O–H groups in total. The average molecular weight is 521 g/mol. The number of carbonyl (C=O) groups excluding carboxylic acids is 1. The molecule has 9 heteroatoms. The summed E-state index contributed by atoms with van der Waals surface area (Å²) in [6.07, 6.45) is -1.01. The molecule has 0 spiro atoms. The maximum atomic E-state index is 13.6. The van der Waals surface area contributed by atoms with Crippen LogP contribution in [0.2, 0.25) is 0 Å². The fraction of sp³-hybridized carbons (Fsp3) is 0.296. The highest BCUT2D eigenvalue weighted by molar-refractivity contribution is 6.11. The van der Waals surface area contributed by atoms with Crippen LogP contribution in [0.3, 0.4) is 0 Å². The van der Waals surface area contributed by atoms with Crippen LogP contribution in [0.4, 0.5) is 24.5 Å². The van der Waals surface area contributed by atoms with Crippen LogP contribution in [0.5, 0.6) is 11.5 Å². The molecule has 5 nitrogen and oxygen atoms in total. The molecule has 1 amide bonds. The van der Waals surface area contributed by atoms with E-state index in [0.29, 0.717) is 23.7 Å². The lowest BCUT2D eigenvalue weighted by Crippen LogP contribution is -2.33. The van der Waals surface area contributed by atoms with Gasteiger partial charge in [0, 0.05) is 17.9 Å². The molecule has 1 fully saturated rings. The quantitative estimate of drug-likeness (QED) is 0.378. The molecule has 0 unspecified atom stereocenters. The minimum Gasteiger partial charge on any atom is -0.508 e. The third kappa shape index (κ3) is 6.71. The van der Waals surface area contributed by atoms with Crippen molar-refractivity contribution in [3.63, 3.8) is 0 Å². The normalized spacial score (nSPS) is 14.1. The summed E-state index contributed by atoms with van der Waals surface area (Å²) in [6.45, 7) is 3.50. The topological polar surface area (TPSA) is 53.0 Å². The second kappa shape index (κ2) is 12.1. The lowest BCUT2D eigenvalue weighted by atomic mass is 10.0. The zero-order chi connectivity index (χ0) is 24.8. The Hall–Kier alpha value is -3.23. The van der Waals surface area contributed by atoms with Gasteiger partial charge in [-0.15, -0.1) is 12.4 Å². The van der Waals surface area contributed by atoms with Crippen LogP contribution in [0.1, 0.15) is 35.2 Å². The largest absolute Gasteiger partial charge is 0.508 e.